The van der Waals surface area contributed by atoms with E-state index in [1.165, 1.54) is 17.0 Å². The molecule has 0 bridgehead atoms. The van der Waals surface area contributed by atoms with Crippen LogP contribution in [0.2, 0.25) is 0 Å². The molecule has 1 saturated heterocycles. The van der Waals surface area contributed by atoms with Crippen LogP contribution in [0.4, 0.5) is 0 Å². The molecule has 2 aromatic rings. The highest BCUT2D eigenvalue weighted by Gasteiger charge is 2.30. The lowest BCUT2D eigenvalue weighted by molar-refractivity contribution is -0.125. The van der Waals surface area contributed by atoms with Gasteiger partial charge in [0.15, 0.2) is 0 Å². The van der Waals surface area contributed by atoms with Gasteiger partial charge in [0, 0.05) is 30.1 Å². The Morgan fingerprint density at radius 2 is 2.04 bits per heavy atom. The molecule has 123 valence electrons. The first-order valence-electron chi connectivity index (χ1n) is 7.24. The number of carbonyl (C=O) groups excluding carboxylic acids is 2. The number of ether oxygens (including phenoxy) is 1. The molecule has 2 unspecified atom stereocenters. The highest BCUT2D eigenvalue weighted by Crippen LogP contribution is 2.13. The second-order valence-electron chi connectivity index (χ2n) is 5.26. The van der Waals surface area contributed by atoms with Crippen LogP contribution in [-0.4, -0.2) is 40.1 Å². The van der Waals surface area contributed by atoms with Crippen molar-refractivity contribution >= 4 is 11.8 Å². The Morgan fingerprint density at radius 1 is 1.29 bits per heavy atom. The largest absolute Gasteiger partial charge is 0.367 e. The Hall–Kier alpha value is -3.00. The Labute approximate surface area is 137 Å². The molecule has 2 atom stereocenters. The molecule has 1 radical (unpaired) electrons. The minimum atomic E-state index is -0.781. The van der Waals surface area contributed by atoms with Crippen molar-refractivity contribution in [2.45, 2.75) is 12.1 Å². The predicted octanol–water partition coefficient (Wildman–Crippen LogP) is -0.581. The highest BCUT2D eigenvalue weighted by molar-refractivity contribution is 5.94. The van der Waals surface area contributed by atoms with Gasteiger partial charge in [0.2, 0.25) is 5.91 Å². The zero-order chi connectivity index (χ0) is 17.1. The van der Waals surface area contributed by atoms with Gasteiger partial charge in [-0.2, -0.15) is 0 Å². The van der Waals surface area contributed by atoms with E-state index in [2.05, 4.69) is 10.3 Å². The van der Waals surface area contributed by atoms with Gasteiger partial charge >= 0.3 is 0 Å². The van der Waals surface area contributed by atoms with Crippen LogP contribution < -0.4 is 16.6 Å². The van der Waals surface area contributed by atoms with E-state index in [1.54, 1.807) is 36.9 Å². The zero-order valence-electron chi connectivity index (χ0n) is 12.6. The van der Waals surface area contributed by atoms with Crippen molar-refractivity contribution in [3.8, 4) is 5.69 Å². The molecule has 1 aromatic heterocycles. The van der Waals surface area contributed by atoms with Gasteiger partial charge in [-0.3, -0.25) is 23.9 Å². The first-order valence-corrected chi connectivity index (χ1v) is 7.24. The molecule has 1 fully saturated rings. The Kier molecular flexibility index (Phi) is 4.39. The van der Waals surface area contributed by atoms with Crippen LogP contribution in [0, 0.1) is 6.42 Å². The SMILES string of the molecule is NC(=O)C1[CH]C(NC(=O)c2ccc(-n3ccncc3=O)cc2)CO1. The quantitative estimate of drug-likeness (QED) is 0.779. The summed E-state index contributed by atoms with van der Waals surface area (Å²) >= 11 is 0. The third-order valence-electron chi connectivity index (χ3n) is 3.59. The van der Waals surface area contributed by atoms with Gasteiger partial charge in [-0.1, -0.05) is 0 Å². The first-order chi connectivity index (χ1) is 11.5. The van der Waals surface area contributed by atoms with E-state index in [1.807, 2.05) is 0 Å². The van der Waals surface area contributed by atoms with Gasteiger partial charge in [0.25, 0.3) is 11.5 Å². The molecule has 8 nitrogen and oxygen atoms in total. The van der Waals surface area contributed by atoms with Gasteiger partial charge in [-0.15, -0.1) is 0 Å². The molecule has 2 amide bonds. The molecule has 8 heteroatoms. The number of aromatic nitrogens is 2. The maximum atomic E-state index is 12.2. The Balaban J connectivity index is 1.68. The van der Waals surface area contributed by atoms with E-state index in [0.717, 1.165) is 0 Å². The summed E-state index contributed by atoms with van der Waals surface area (Å²) in [4.78, 5) is 38.7. The van der Waals surface area contributed by atoms with Crippen molar-refractivity contribution in [2.24, 2.45) is 5.73 Å². The van der Waals surface area contributed by atoms with E-state index in [0.29, 0.717) is 11.3 Å². The fourth-order valence-corrected chi connectivity index (χ4v) is 2.38. The maximum Gasteiger partial charge on any atom is 0.273 e. The van der Waals surface area contributed by atoms with E-state index in [4.69, 9.17) is 10.5 Å². The van der Waals surface area contributed by atoms with E-state index >= 15 is 0 Å². The number of primary amides is 1. The summed E-state index contributed by atoms with van der Waals surface area (Å²) in [5.74, 6) is -0.891. The monoisotopic (exact) mass is 327 g/mol. The lowest BCUT2D eigenvalue weighted by atomic mass is 10.1. The Bertz CT molecular complexity index is 815. The van der Waals surface area contributed by atoms with Crippen LogP contribution in [-0.2, 0) is 9.53 Å². The highest BCUT2D eigenvalue weighted by atomic mass is 16.5. The zero-order valence-corrected chi connectivity index (χ0v) is 12.6. The molecular weight excluding hydrogens is 312 g/mol. The van der Waals surface area contributed by atoms with Crippen molar-refractivity contribution in [1.82, 2.24) is 14.9 Å². The second-order valence-corrected chi connectivity index (χ2v) is 5.26. The standard InChI is InChI=1S/C16H15N4O4/c17-15(22)13-7-11(9-24-13)19-16(23)10-1-3-12(4-2-10)20-6-5-18-8-14(20)21/h1-8,11,13H,9H2,(H2,17,22)(H,19,23). The first kappa shape index (κ1) is 15.9. The van der Waals surface area contributed by atoms with E-state index in [-0.39, 0.29) is 24.1 Å². The fourth-order valence-electron chi connectivity index (χ4n) is 2.38. The summed E-state index contributed by atoms with van der Waals surface area (Å²) in [5, 5.41) is 2.74. The molecule has 0 spiro atoms. The average Bonchev–Trinajstić information content (AvgIpc) is 3.04. The second kappa shape index (κ2) is 6.63. The van der Waals surface area contributed by atoms with Gasteiger partial charge in [0.1, 0.15) is 6.10 Å². The number of carbonyl (C=O) groups is 2. The molecule has 1 aliphatic heterocycles. The van der Waals surface area contributed by atoms with Crippen molar-refractivity contribution < 1.29 is 14.3 Å². The summed E-state index contributed by atoms with van der Waals surface area (Å²) in [7, 11) is 0. The number of nitrogens with two attached hydrogens (primary N) is 1. The van der Waals surface area contributed by atoms with E-state index in [9.17, 15) is 14.4 Å². The summed E-state index contributed by atoms with van der Waals surface area (Å²) in [6.45, 7) is 0.198. The summed E-state index contributed by atoms with van der Waals surface area (Å²) in [5.41, 5.74) is 5.94. The minimum Gasteiger partial charge on any atom is -0.367 e. The number of rotatable bonds is 4. The predicted molar refractivity (Wildman–Crippen MR) is 84.3 cm³/mol. The number of benzene rings is 1. The molecule has 3 N–H and O–H groups in total. The Morgan fingerprint density at radius 3 is 2.67 bits per heavy atom. The summed E-state index contributed by atoms with van der Waals surface area (Å²) in [6, 6.07) is 6.17. The maximum absolute atomic E-state index is 12.2. The molecule has 1 aromatic carbocycles. The molecule has 0 saturated carbocycles. The lowest BCUT2D eigenvalue weighted by Crippen LogP contribution is -2.36. The van der Waals surface area contributed by atoms with Crippen LogP contribution in [0.15, 0.2) is 47.7 Å². The lowest BCUT2D eigenvalue weighted by Gasteiger charge is -2.11. The van der Waals surface area contributed by atoms with Crippen LogP contribution in [0.5, 0.6) is 0 Å². The average molecular weight is 327 g/mol. The normalized spacial score (nSPS) is 19.8. The number of nitrogens with one attached hydrogen (secondary N) is 1. The van der Waals surface area contributed by atoms with Crippen molar-refractivity contribution in [1.29, 1.82) is 0 Å². The third-order valence-corrected chi connectivity index (χ3v) is 3.59. The molecule has 0 aliphatic carbocycles. The number of hydrogen-bond acceptors (Lipinski definition) is 5. The molecular formula is C16H15N4O4. The number of hydrogen-bond donors (Lipinski definition) is 2. The topological polar surface area (TPSA) is 116 Å². The fraction of sp³-hybridized carbons (Fsp3) is 0.188. The minimum absolute atomic E-state index is 0.198. The van der Waals surface area contributed by atoms with Gasteiger partial charge < -0.3 is 15.8 Å². The van der Waals surface area contributed by atoms with Crippen LogP contribution in [0.3, 0.4) is 0 Å². The summed E-state index contributed by atoms with van der Waals surface area (Å²) in [6.07, 6.45) is 5.05. The summed E-state index contributed by atoms with van der Waals surface area (Å²) < 4.78 is 6.59. The molecule has 24 heavy (non-hydrogen) atoms. The number of nitrogens with zero attached hydrogens (tertiary/aromatic N) is 2. The van der Waals surface area contributed by atoms with Gasteiger partial charge in [-0.25, -0.2) is 0 Å². The van der Waals surface area contributed by atoms with Crippen LogP contribution in [0.25, 0.3) is 5.69 Å². The van der Waals surface area contributed by atoms with Crippen molar-refractivity contribution in [2.75, 3.05) is 6.61 Å². The van der Waals surface area contributed by atoms with Gasteiger partial charge in [0.05, 0.1) is 18.8 Å². The van der Waals surface area contributed by atoms with Crippen LogP contribution >= 0.6 is 0 Å². The molecule has 3 rings (SSSR count). The smallest absolute Gasteiger partial charge is 0.273 e. The van der Waals surface area contributed by atoms with Crippen molar-refractivity contribution in [3.63, 3.8) is 0 Å². The van der Waals surface area contributed by atoms with Gasteiger partial charge in [-0.05, 0) is 24.3 Å². The molecule has 2 heterocycles. The number of amides is 2. The molecule has 1 aliphatic rings. The van der Waals surface area contributed by atoms with Crippen LogP contribution in [0.1, 0.15) is 10.4 Å². The van der Waals surface area contributed by atoms with E-state index < -0.39 is 12.0 Å². The third kappa shape index (κ3) is 3.33. The van der Waals surface area contributed by atoms with Crippen molar-refractivity contribution in [3.05, 3.63) is 65.2 Å².